The monoisotopic (exact) mass is 307 g/mol. The normalized spacial score (nSPS) is 15.1. The second-order valence-electron chi connectivity index (χ2n) is 6.37. The average molecular weight is 308 g/mol. The molecule has 1 nitrogen and oxygen atoms in total. The van der Waals surface area contributed by atoms with Gasteiger partial charge in [-0.3, -0.25) is 0 Å². The largest absolute Gasteiger partial charge is 0.246 e. The summed E-state index contributed by atoms with van der Waals surface area (Å²) < 4.78 is 0. The Labute approximate surface area is 131 Å². The highest BCUT2D eigenvalue weighted by Crippen LogP contribution is 2.32. The topological polar surface area (TPSA) is 12.9 Å². The highest BCUT2D eigenvalue weighted by atomic mass is 35.5. The van der Waals surface area contributed by atoms with Crippen LogP contribution in [-0.2, 0) is 11.8 Å². The van der Waals surface area contributed by atoms with E-state index in [1.165, 1.54) is 16.3 Å². The van der Waals surface area contributed by atoms with Crippen LogP contribution in [0.2, 0.25) is 0 Å². The third-order valence-electron chi connectivity index (χ3n) is 3.43. The average Bonchev–Trinajstić information content (AvgIpc) is 2.87. The molecule has 1 aromatic carbocycles. The molecule has 0 aliphatic rings. The van der Waals surface area contributed by atoms with Gasteiger partial charge in [-0.2, -0.15) is 0 Å². The van der Waals surface area contributed by atoms with Crippen molar-refractivity contribution in [2.24, 2.45) is 5.92 Å². The fourth-order valence-electron chi connectivity index (χ4n) is 2.09. The quantitative estimate of drug-likeness (QED) is 0.670. The molecule has 1 aromatic heterocycles. The van der Waals surface area contributed by atoms with Crippen molar-refractivity contribution < 1.29 is 0 Å². The van der Waals surface area contributed by atoms with E-state index in [0.29, 0.717) is 5.92 Å². The molecule has 2 atom stereocenters. The molecule has 2 rings (SSSR count). The molecule has 0 amide bonds. The van der Waals surface area contributed by atoms with E-state index in [-0.39, 0.29) is 10.8 Å². The first-order chi connectivity index (χ1) is 9.38. The highest BCUT2D eigenvalue weighted by molar-refractivity contribution is 7.09. The predicted octanol–water partition coefficient (Wildman–Crippen LogP) is 5.60. The zero-order valence-electron chi connectivity index (χ0n) is 12.6. The first-order valence-electron chi connectivity index (χ1n) is 7.02. The zero-order valence-corrected chi connectivity index (χ0v) is 14.1. The molecule has 2 unspecified atom stereocenters. The molecule has 0 radical (unpaired) electrons. The van der Waals surface area contributed by atoms with Gasteiger partial charge in [-0.25, -0.2) is 4.98 Å². The molecule has 0 aliphatic carbocycles. The molecule has 0 aliphatic heterocycles. The Morgan fingerprint density at radius 2 is 1.85 bits per heavy atom. The number of aromatic nitrogens is 1. The maximum atomic E-state index is 6.58. The number of benzene rings is 1. The van der Waals surface area contributed by atoms with E-state index in [9.17, 15) is 0 Å². The Hall–Kier alpha value is -0.860. The lowest BCUT2D eigenvalue weighted by Gasteiger charge is -2.17. The molecule has 0 saturated heterocycles. The van der Waals surface area contributed by atoms with Crippen LogP contribution >= 0.6 is 22.9 Å². The van der Waals surface area contributed by atoms with Crippen LogP contribution in [0.3, 0.4) is 0 Å². The fraction of sp³-hybridized carbons (Fsp3) is 0.471. The van der Waals surface area contributed by atoms with Crippen LogP contribution in [0, 0.1) is 5.92 Å². The number of hydrogen-bond acceptors (Lipinski definition) is 2. The van der Waals surface area contributed by atoms with E-state index < -0.39 is 0 Å². The van der Waals surface area contributed by atoms with Gasteiger partial charge in [0.1, 0.15) is 0 Å². The first kappa shape index (κ1) is 15.5. The van der Waals surface area contributed by atoms with E-state index >= 15 is 0 Å². The summed E-state index contributed by atoms with van der Waals surface area (Å²) in [7, 11) is 0. The summed E-state index contributed by atoms with van der Waals surface area (Å²) >= 11 is 8.33. The Balaban J connectivity index is 2.04. The molecular formula is C17H22ClNS. The third-order valence-corrected chi connectivity index (χ3v) is 4.99. The predicted molar refractivity (Wildman–Crippen MR) is 88.7 cm³/mol. The summed E-state index contributed by atoms with van der Waals surface area (Å²) in [5, 5.41) is 3.40. The van der Waals surface area contributed by atoms with Gasteiger partial charge in [-0.1, -0.05) is 58.0 Å². The van der Waals surface area contributed by atoms with E-state index in [0.717, 1.165) is 6.42 Å². The number of nitrogens with zero attached hydrogens (tertiary/aromatic N) is 1. The number of thiazole rings is 1. The Morgan fingerprint density at radius 3 is 2.40 bits per heavy atom. The maximum absolute atomic E-state index is 6.58. The van der Waals surface area contributed by atoms with Gasteiger partial charge in [0, 0.05) is 17.2 Å². The van der Waals surface area contributed by atoms with Crippen molar-refractivity contribution in [2.45, 2.75) is 44.9 Å². The maximum Gasteiger partial charge on any atom is 0.0931 e. The molecule has 0 fully saturated rings. The van der Waals surface area contributed by atoms with Crippen LogP contribution in [-0.4, -0.2) is 4.98 Å². The van der Waals surface area contributed by atoms with Crippen molar-refractivity contribution in [3.8, 4) is 0 Å². The lowest BCUT2D eigenvalue weighted by Crippen LogP contribution is -2.12. The van der Waals surface area contributed by atoms with Crippen molar-refractivity contribution in [1.29, 1.82) is 0 Å². The first-order valence-corrected chi connectivity index (χ1v) is 8.33. The minimum Gasteiger partial charge on any atom is -0.246 e. The Morgan fingerprint density at radius 1 is 1.20 bits per heavy atom. The van der Waals surface area contributed by atoms with E-state index in [2.05, 4.69) is 45.2 Å². The van der Waals surface area contributed by atoms with Gasteiger partial charge in [-0.15, -0.1) is 22.9 Å². The number of hydrogen-bond donors (Lipinski definition) is 0. The van der Waals surface area contributed by atoms with Gasteiger partial charge in [0.15, 0.2) is 0 Å². The summed E-state index contributed by atoms with van der Waals surface area (Å²) in [4.78, 5) is 4.76. The number of rotatable bonds is 4. The molecule has 108 valence electrons. The van der Waals surface area contributed by atoms with Gasteiger partial charge in [-0.05, 0) is 11.5 Å². The van der Waals surface area contributed by atoms with Crippen LogP contribution in [0.4, 0.5) is 0 Å². The Kier molecular flexibility index (Phi) is 4.87. The molecule has 0 saturated carbocycles. The van der Waals surface area contributed by atoms with Gasteiger partial charge in [0.05, 0.1) is 16.1 Å². The Bertz CT molecular complexity index is 542. The zero-order chi connectivity index (χ0) is 14.8. The minimum absolute atomic E-state index is 0.0400. The van der Waals surface area contributed by atoms with Crippen molar-refractivity contribution in [2.75, 3.05) is 0 Å². The van der Waals surface area contributed by atoms with Crippen LogP contribution in [0.1, 0.15) is 49.3 Å². The fourth-order valence-corrected chi connectivity index (χ4v) is 3.49. The van der Waals surface area contributed by atoms with Gasteiger partial charge < -0.3 is 0 Å². The van der Waals surface area contributed by atoms with E-state index in [4.69, 9.17) is 16.6 Å². The minimum atomic E-state index is 0.0400. The molecular weight excluding hydrogens is 286 g/mol. The van der Waals surface area contributed by atoms with Crippen LogP contribution < -0.4 is 0 Å². The van der Waals surface area contributed by atoms with Crippen molar-refractivity contribution in [1.82, 2.24) is 4.98 Å². The lowest BCUT2D eigenvalue weighted by molar-refractivity contribution is 0.543. The number of halogens is 1. The summed E-state index contributed by atoms with van der Waals surface area (Å²) in [5.74, 6) is 0.373. The van der Waals surface area contributed by atoms with Crippen molar-refractivity contribution >= 4 is 22.9 Å². The summed E-state index contributed by atoms with van der Waals surface area (Å²) in [6, 6.07) is 10.3. The van der Waals surface area contributed by atoms with Crippen LogP contribution in [0.25, 0.3) is 0 Å². The molecule has 0 N–H and O–H groups in total. The molecule has 0 bridgehead atoms. The van der Waals surface area contributed by atoms with Crippen molar-refractivity contribution in [3.05, 3.63) is 52.0 Å². The summed E-state index contributed by atoms with van der Waals surface area (Å²) in [6.07, 6.45) is 0.934. The molecule has 20 heavy (non-hydrogen) atoms. The van der Waals surface area contributed by atoms with Crippen LogP contribution in [0.5, 0.6) is 0 Å². The highest BCUT2D eigenvalue weighted by Gasteiger charge is 2.21. The van der Waals surface area contributed by atoms with Crippen LogP contribution in [0.15, 0.2) is 35.7 Å². The summed E-state index contributed by atoms with van der Waals surface area (Å²) in [6.45, 7) is 8.79. The molecule has 0 spiro atoms. The lowest BCUT2D eigenvalue weighted by atomic mass is 9.93. The summed E-state index contributed by atoms with van der Waals surface area (Å²) in [5.41, 5.74) is 2.49. The molecule has 1 heterocycles. The van der Waals surface area contributed by atoms with Crippen molar-refractivity contribution in [3.63, 3.8) is 0 Å². The second-order valence-corrected chi connectivity index (χ2v) is 7.78. The molecule has 2 aromatic rings. The van der Waals surface area contributed by atoms with E-state index in [1.807, 2.05) is 18.2 Å². The van der Waals surface area contributed by atoms with E-state index in [1.54, 1.807) is 11.3 Å². The SMILES string of the molecule is CC(Cc1nc(C(C)(C)C)cs1)C(Cl)c1ccccc1. The number of alkyl halides is 1. The van der Waals surface area contributed by atoms with Gasteiger partial charge in [0.25, 0.3) is 0 Å². The third kappa shape index (κ3) is 3.83. The molecule has 3 heteroatoms. The van der Waals surface area contributed by atoms with Gasteiger partial charge >= 0.3 is 0 Å². The second kappa shape index (κ2) is 6.28. The standard InChI is InChI=1S/C17H22ClNS/c1-12(16(18)13-8-6-5-7-9-13)10-15-19-14(11-20-15)17(2,3)4/h5-9,11-12,16H,10H2,1-4H3. The van der Waals surface area contributed by atoms with Gasteiger partial charge in [0.2, 0.25) is 0 Å². The smallest absolute Gasteiger partial charge is 0.0931 e.